The molecule has 0 saturated heterocycles. The second-order valence-electron chi connectivity index (χ2n) is 5.11. The summed E-state index contributed by atoms with van der Waals surface area (Å²) in [4.78, 5) is 11.9. The molecule has 4 heteroatoms. The standard InChI is InChI=1S/C14H21NO3/c1-3-17-10-14(6-4-7-14)9-15-13(16)12-11(2)5-8-18-12/h5,8H,3-4,6-7,9-10H2,1-2H3,(H,15,16). The first-order chi connectivity index (χ1) is 8.67. The number of hydrogen-bond acceptors (Lipinski definition) is 3. The van der Waals surface area contributed by atoms with Crippen LogP contribution in [0.3, 0.4) is 0 Å². The first kappa shape index (κ1) is 13.1. The van der Waals surface area contributed by atoms with Crippen molar-refractivity contribution in [3.63, 3.8) is 0 Å². The zero-order valence-electron chi connectivity index (χ0n) is 11.1. The van der Waals surface area contributed by atoms with Gasteiger partial charge in [0.1, 0.15) is 0 Å². The van der Waals surface area contributed by atoms with Gasteiger partial charge in [-0.25, -0.2) is 0 Å². The molecule has 1 aliphatic rings. The lowest BCUT2D eigenvalue weighted by atomic mass is 9.69. The van der Waals surface area contributed by atoms with Gasteiger partial charge in [0, 0.05) is 24.1 Å². The van der Waals surface area contributed by atoms with Gasteiger partial charge >= 0.3 is 0 Å². The SMILES string of the molecule is CCOCC1(CNC(=O)c2occc2C)CCC1. The highest BCUT2D eigenvalue weighted by molar-refractivity contribution is 5.92. The van der Waals surface area contributed by atoms with Gasteiger partial charge in [0.15, 0.2) is 5.76 Å². The van der Waals surface area contributed by atoms with E-state index >= 15 is 0 Å². The number of hydrogen-bond donors (Lipinski definition) is 1. The molecule has 4 nitrogen and oxygen atoms in total. The zero-order valence-corrected chi connectivity index (χ0v) is 11.1. The van der Waals surface area contributed by atoms with Crippen LogP contribution in [0.15, 0.2) is 16.7 Å². The van der Waals surface area contributed by atoms with Gasteiger partial charge < -0.3 is 14.5 Å². The Hall–Kier alpha value is -1.29. The quantitative estimate of drug-likeness (QED) is 0.845. The Labute approximate surface area is 108 Å². The molecule has 0 spiro atoms. The largest absolute Gasteiger partial charge is 0.459 e. The van der Waals surface area contributed by atoms with E-state index in [-0.39, 0.29) is 11.3 Å². The highest BCUT2D eigenvalue weighted by Crippen LogP contribution is 2.40. The van der Waals surface area contributed by atoms with Crippen LogP contribution in [-0.2, 0) is 4.74 Å². The summed E-state index contributed by atoms with van der Waals surface area (Å²) in [5.74, 6) is 0.293. The smallest absolute Gasteiger partial charge is 0.287 e. The molecule has 1 heterocycles. The molecule has 1 N–H and O–H groups in total. The normalized spacial score (nSPS) is 17.2. The van der Waals surface area contributed by atoms with Crippen molar-refractivity contribution in [3.8, 4) is 0 Å². The highest BCUT2D eigenvalue weighted by atomic mass is 16.5. The van der Waals surface area contributed by atoms with E-state index in [4.69, 9.17) is 9.15 Å². The van der Waals surface area contributed by atoms with Crippen LogP contribution in [-0.4, -0.2) is 25.7 Å². The van der Waals surface area contributed by atoms with Crippen LogP contribution in [0, 0.1) is 12.3 Å². The van der Waals surface area contributed by atoms with Crippen LogP contribution in [0.2, 0.25) is 0 Å². The Bertz CT molecular complexity index is 407. The first-order valence-corrected chi connectivity index (χ1v) is 6.57. The minimum atomic E-state index is -0.125. The van der Waals surface area contributed by atoms with Crippen molar-refractivity contribution >= 4 is 5.91 Å². The van der Waals surface area contributed by atoms with Gasteiger partial charge in [-0.3, -0.25) is 4.79 Å². The Morgan fingerprint density at radius 1 is 1.56 bits per heavy atom. The van der Waals surface area contributed by atoms with Crippen molar-refractivity contribution in [2.45, 2.75) is 33.1 Å². The maximum absolute atomic E-state index is 11.9. The molecule has 0 bridgehead atoms. The lowest BCUT2D eigenvalue weighted by molar-refractivity contribution is -0.000355. The molecule has 18 heavy (non-hydrogen) atoms. The van der Waals surface area contributed by atoms with Crippen LogP contribution in [0.4, 0.5) is 0 Å². The van der Waals surface area contributed by atoms with Gasteiger partial charge in [0.2, 0.25) is 0 Å². The van der Waals surface area contributed by atoms with Crippen LogP contribution < -0.4 is 5.32 Å². The summed E-state index contributed by atoms with van der Waals surface area (Å²) in [7, 11) is 0. The fraction of sp³-hybridized carbons (Fsp3) is 0.643. The molecular formula is C14H21NO3. The van der Waals surface area contributed by atoms with Crippen molar-refractivity contribution in [2.75, 3.05) is 19.8 Å². The molecular weight excluding hydrogens is 230 g/mol. The predicted octanol–water partition coefficient (Wildman–Crippen LogP) is 2.52. The molecule has 1 amide bonds. The van der Waals surface area contributed by atoms with Crippen LogP contribution >= 0.6 is 0 Å². The second kappa shape index (κ2) is 5.57. The van der Waals surface area contributed by atoms with Crippen molar-refractivity contribution in [3.05, 3.63) is 23.7 Å². The Morgan fingerprint density at radius 3 is 2.83 bits per heavy atom. The Morgan fingerprint density at radius 2 is 2.33 bits per heavy atom. The number of nitrogens with one attached hydrogen (secondary N) is 1. The number of ether oxygens (including phenoxy) is 1. The lowest BCUT2D eigenvalue weighted by Gasteiger charge is -2.41. The molecule has 1 fully saturated rings. The molecule has 100 valence electrons. The predicted molar refractivity (Wildman–Crippen MR) is 68.6 cm³/mol. The van der Waals surface area contributed by atoms with Gasteiger partial charge in [-0.1, -0.05) is 6.42 Å². The number of rotatable bonds is 6. The van der Waals surface area contributed by atoms with Gasteiger partial charge in [0.05, 0.1) is 12.9 Å². The summed E-state index contributed by atoms with van der Waals surface area (Å²) in [5, 5.41) is 2.96. The average Bonchev–Trinajstić information content (AvgIpc) is 2.73. The van der Waals surface area contributed by atoms with E-state index in [1.54, 1.807) is 12.3 Å². The molecule has 1 saturated carbocycles. The van der Waals surface area contributed by atoms with Crippen LogP contribution in [0.25, 0.3) is 0 Å². The molecule has 0 unspecified atom stereocenters. The zero-order chi connectivity index (χ0) is 13.0. The fourth-order valence-electron chi connectivity index (χ4n) is 2.32. The summed E-state index contributed by atoms with van der Waals surface area (Å²) >= 11 is 0. The second-order valence-corrected chi connectivity index (χ2v) is 5.11. The van der Waals surface area contributed by atoms with Crippen molar-refractivity contribution in [2.24, 2.45) is 5.41 Å². The van der Waals surface area contributed by atoms with Crippen LogP contribution in [0.5, 0.6) is 0 Å². The summed E-state index contributed by atoms with van der Waals surface area (Å²) in [5.41, 5.74) is 1.02. The Kier molecular flexibility index (Phi) is 4.07. The molecule has 0 aromatic carbocycles. The lowest BCUT2D eigenvalue weighted by Crippen LogP contribution is -2.45. The van der Waals surface area contributed by atoms with E-state index in [1.165, 1.54) is 6.42 Å². The Balaban J connectivity index is 1.87. The monoisotopic (exact) mass is 251 g/mol. The average molecular weight is 251 g/mol. The van der Waals surface area contributed by atoms with Crippen molar-refractivity contribution in [1.82, 2.24) is 5.32 Å². The minimum absolute atomic E-state index is 0.125. The number of carbonyl (C=O) groups is 1. The third-order valence-electron chi connectivity index (χ3n) is 3.72. The highest BCUT2D eigenvalue weighted by Gasteiger charge is 2.37. The summed E-state index contributed by atoms with van der Waals surface area (Å²) < 4.78 is 10.7. The molecule has 1 aromatic heterocycles. The molecule has 1 aliphatic carbocycles. The molecule has 2 rings (SSSR count). The third kappa shape index (κ3) is 2.75. The molecule has 0 aliphatic heterocycles. The third-order valence-corrected chi connectivity index (χ3v) is 3.72. The van der Waals surface area contributed by atoms with Crippen LogP contribution in [0.1, 0.15) is 42.3 Å². The summed E-state index contributed by atoms with van der Waals surface area (Å²) in [6.07, 6.45) is 5.03. The van der Waals surface area contributed by atoms with Gasteiger partial charge in [0.25, 0.3) is 5.91 Å². The number of furan rings is 1. The number of amides is 1. The first-order valence-electron chi connectivity index (χ1n) is 6.57. The molecule has 0 radical (unpaired) electrons. The maximum atomic E-state index is 11.9. The van der Waals surface area contributed by atoms with Crippen molar-refractivity contribution < 1.29 is 13.9 Å². The van der Waals surface area contributed by atoms with Gasteiger partial charge in [-0.15, -0.1) is 0 Å². The summed E-state index contributed by atoms with van der Waals surface area (Å²) in [6.45, 7) is 6.01. The van der Waals surface area contributed by atoms with Crippen molar-refractivity contribution in [1.29, 1.82) is 0 Å². The van der Waals surface area contributed by atoms with E-state index in [0.29, 0.717) is 12.3 Å². The van der Waals surface area contributed by atoms with E-state index in [1.807, 2.05) is 13.8 Å². The van der Waals surface area contributed by atoms with E-state index in [0.717, 1.165) is 31.6 Å². The van der Waals surface area contributed by atoms with E-state index < -0.39 is 0 Å². The number of aryl methyl sites for hydroxylation is 1. The van der Waals surface area contributed by atoms with Gasteiger partial charge in [-0.2, -0.15) is 0 Å². The molecule has 1 aromatic rings. The molecule has 0 atom stereocenters. The summed E-state index contributed by atoms with van der Waals surface area (Å²) in [6, 6.07) is 1.80. The van der Waals surface area contributed by atoms with E-state index in [2.05, 4.69) is 5.32 Å². The van der Waals surface area contributed by atoms with Gasteiger partial charge in [-0.05, 0) is 32.8 Å². The fourth-order valence-corrected chi connectivity index (χ4v) is 2.32. The minimum Gasteiger partial charge on any atom is -0.459 e. The van der Waals surface area contributed by atoms with E-state index in [9.17, 15) is 4.79 Å². The number of carbonyl (C=O) groups excluding carboxylic acids is 1. The maximum Gasteiger partial charge on any atom is 0.287 e. The topological polar surface area (TPSA) is 51.5 Å².